The standard InChI is InChI=1S/C12H23N3/c1-4-11(14-13)12(9-7-8-10-12)15(5-2)6-3/h1,11,14H,5-10,13H2,2-3H3. The minimum atomic E-state index is -0.0279. The second-order valence-corrected chi connectivity index (χ2v) is 4.25. The highest BCUT2D eigenvalue weighted by molar-refractivity contribution is 5.15. The van der Waals surface area contributed by atoms with E-state index in [0.717, 1.165) is 25.9 Å². The number of nitrogens with two attached hydrogens (primary N) is 1. The molecule has 0 bridgehead atoms. The number of hydrazine groups is 1. The van der Waals surface area contributed by atoms with Crippen LogP contribution < -0.4 is 11.3 Å². The van der Waals surface area contributed by atoms with Crippen LogP contribution in [0, 0.1) is 12.3 Å². The van der Waals surface area contributed by atoms with Crippen LogP contribution in [-0.4, -0.2) is 29.6 Å². The summed E-state index contributed by atoms with van der Waals surface area (Å²) in [6.45, 7) is 6.45. The van der Waals surface area contributed by atoms with Gasteiger partial charge in [0.05, 0.1) is 6.04 Å². The highest BCUT2D eigenvalue weighted by Crippen LogP contribution is 2.37. The van der Waals surface area contributed by atoms with Gasteiger partial charge in [-0.15, -0.1) is 6.42 Å². The molecule has 0 saturated heterocycles. The lowest BCUT2D eigenvalue weighted by atomic mass is 9.86. The summed E-state index contributed by atoms with van der Waals surface area (Å²) in [4.78, 5) is 2.46. The van der Waals surface area contributed by atoms with E-state index in [1.54, 1.807) is 0 Å². The lowest BCUT2D eigenvalue weighted by molar-refractivity contribution is 0.0823. The van der Waals surface area contributed by atoms with Crippen molar-refractivity contribution in [1.29, 1.82) is 0 Å². The highest BCUT2D eigenvalue weighted by Gasteiger charge is 2.43. The van der Waals surface area contributed by atoms with Gasteiger partial charge in [0, 0.05) is 5.54 Å². The molecular weight excluding hydrogens is 186 g/mol. The Morgan fingerprint density at radius 1 is 1.40 bits per heavy atom. The third-order valence-electron chi connectivity index (χ3n) is 3.73. The molecule has 1 aliphatic rings. The Labute approximate surface area is 93.4 Å². The van der Waals surface area contributed by atoms with Gasteiger partial charge in [-0.25, -0.2) is 5.43 Å². The Morgan fingerprint density at radius 3 is 2.27 bits per heavy atom. The Morgan fingerprint density at radius 2 is 1.93 bits per heavy atom. The molecule has 1 aliphatic carbocycles. The average molecular weight is 209 g/mol. The van der Waals surface area contributed by atoms with Crippen LogP contribution in [0.2, 0.25) is 0 Å². The summed E-state index contributed by atoms with van der Waals surface area (Å²) in [6.07, 6.45) is 10.4. The van der Waals surface area contributed by atoms with Gasteiger partial charge in [0.15, 0.2) is 0 Å². The van der Waals surface area contributed by atoms with E-state index >= 15 is 0 Å². The molecule has 0 aliphatic heterocycles. The second-order valence-electron chi connectivity index (χ2n) is 4.25. The van der Waals surface area contributed by atoms with Crippen molar-refractivity contribution in [3.63, 3.8) is 0 Å². The van der Waals surface area contributed by atoms with Crippen LogP contribution in [0.3, 0.4) is 0 Å². The summed E-state index contributed by atoms with van der Waals surface area (Å²) < 4.78 is 0. The van der Waals surface area contributed by atoms with Crippen LogP contribution in [0.15, 0.2) is 0 Å². The summed E-state index contributed by atoms with van der Waals surface area (Å²) in [5, 5.41) is 0. The van der Waals surface area contributed by atoms with Crippen LogP contribution in [-0.2, 0) is 0 Å². The zero-order valence-corrected chi connectivity index (χ0v) is 9.92. The zero-order chi connectivity index (χ0) is 11.3. The van der Waals surface area contributed by atoms with Crippen molar-refractivity contribution in [2.45, 2.75) is 51.1 Å². The summed E-state index contributed by atoms with van der Waals surface area (Å²) in [5.41, 5.74) is 2.90. The van der Waals surface area contributed by atoms with Crippen molar-refractivity contribution in [2.24, 2.45) is 5.84 Å². The van der Waals surface area contributed by atoms with E-state index in [-0.39, 0.29) is 11.6 Å². The molecule has 3 heteroatoms. The van der Waals surface area contributed by atoms with Gasteiger partial charge >= 0.3 is 0 Å². The smallest absolute Gasteiger partial charge is 0.0997 e. The monoisotopic (exact) mass is 209 g/mol. The van der Waals surface area contributed by atoms with Crippen LogP contribution in [0.5, 0.6) is 0 Å². The lowest BCUT2D eigenvalue weighted by Crippen LogP contribution is -2.60. The summed E-state index contributed by atoms with van der Waals surface area (Å²) in [7, 11) is 0. The van der Waals surface area contributed by atoms with Gasteiger partial charge in [-0.3, -0.25) is 10.7 Å². The number of hydrogen-bond acceptors (Lipinski definition) is 3. The molecule has 0 spiro atoms. The third kappa shape index (κ3) is 2.17. The fourth-order valence-corrected chi connectivity index (χ4v) is 2.99. The Kier molecular flexibility index (Phi) is 4.59. The van der Waals surface area contributed by atoms with Gasteiger partial charge in [-0.2, -0.15) is 0 Å². The molecule has 1 atom stereocenters. The predicted octanol–water partition coefficient (Wildman–Crippen LogP) is 1.11. The number of likely N-dealkylation sites (N-methyl/N-ethyl adjacent to an activating group) is 1. The number of hydrogen-bond donors (Lipinski definition) is 2. The lowest BCUT2D eigenvalue weighted by Gasteiger charge is -2.43. The molecule has 0 aromatic heterocycles. The third-order valence-corrected chi connectivity index (χ3v) is 3.73. The van der Waals surface area contributed by atoms with Crippen LogP contribution in [0.1, 0.15) is 39.5 Å². The summed E-state index contributed by atoms with van der Waals surface area (Å²) in [6, 6.07) is -0.0279. The molecule has 0 aromatic rings. The average Bonchev–Trinajstić information content (AvgIpc) is 2.72. The Balaban J connectivity index is 2.91. The molecule has 15 heavy (non-hydrogen) atoms. The van der Waals surface area contributed by atoms with Gasteiger partial charge in [-0.05, 0) is 25.9 Å². The first kappa shape index (κ1) is 12.5. The first-order valence-corrected chi connectivity index (χ1v) is 5.92. The van der Waals surface area contributed by atoms with Gasteiger partial charge < -0.3 is 0 Å². The Hall–Kier alpha value is -0.560. The van der Waals surface area contributed by atoms with Crippen molar-refractivity contribution in [3.05, 3.63) is 0 Å². The van der Waals surface area contributed by atoms with E-state index in [4.69, 9.17) is 12.3 Å². The van der Waals surface area contributed by atoms with Crippen molar-refractivity contribution in [3.8, 4) is 12.3 Å². The van der Waals surface area contributed by atoms with E-state index < -0.39 is 0 Å². The fraction of sp³-hybridized carbons (Fsp3) is 0.833. The molecule has 0 amide bonds. The molecule has 1 saturated carbocycles. The SMILES string of the molecule is C#CC(NN)C1(N(CC)CC)CCCC1. The van der Waals surface area contributed by atoms with Crippen LogP contribution in [0.25, 0.3) is 0 Å². The van der Waals surface area contributed by atoms with E-state index in [2.05, 4.69) is 30.1 Å². The summed E-state index contributed by atoms with van der Waals surface area (Å²) >= 11 is 0. The molecule has 3 nitrogen and oxygen atoms in total. The van der Waals surface area contributed by atoms with E-state index in [9.17, 15) is 0 Å². The topological polar surface area (TPSA) is 41.3 Å². The molecule has 3 N–H and O–H groups in total. The maximum atomic E-state index is 5.58. The molecule has 86 valence electrons. The van der Waals surface area contributed by atoms with Crippen molar-refractivity contribution < 1.29 is 0 Å². The van der Waals surface area contributed by atoms with Crippen molar-refractivity contribution in [2.75, 3.05) is 13.1 Å². The van der Waals surface area contributed by atoms with Gasteiger partial charge in [0.25, 0.3) is 0 Å². The van der Waals surface area contributed by atoms with Gasteiger partial charge in [-0.1, -0.05) is 32.6 Å². The predicted molar refractivity (Wildman–Crippen MR) is 64.1 cm³/mol. The molecule has 1 rings (SSSR count). The quantitative estimate of drug-likeness (QED) is 0.405. The van der Waals surface area contributed by atoms with Gasteiger partial charge in [0.2, 0.25) is 0 Å². The minimum Gasteiger partial charge on any atom is -0.296 e. The highest BCUT2D eigenvalue weighted by atomic mass is 15.3. The van der Waals surface area contributed by atoms with E-state index in [0.29, 0.717) is 0 Å². The molecular formula is C12H23N3. The van der Waals surface area contributed by atoms with Crippen molar-refractivity contribution >= 4 is 0 Å². The van der Waals surface area contributed by atoms with Gasteiger partial charge in [0.1, 0.15) is 0 Å². The summed E-state index contributed by atoms with van der Waals surface area (Å²) in [5.74, 6) is 8.38. The number of terminal acetylenes is 1. The first-order chi connectivity index (χ1) is 7.25. The molecule has 1 unspecified atom stereocenters. The van der Waals surface area contributed by atoms with E-state index in [1.807, 2.05) is 0 Å². The van der Waals surface area contributed by atoms with E-state index in [1.165, 1.54) is 12.8 Å². The maximum Gasteiger partial charge on any atom is 0.0997 e. The normalized spacial score (nSPS) is 21.5. The minimum absolute atomic E-state index is 0.0279. The van der Waals surface area contributed by atoms with Crippen LogP contribution >= 0.6 is 0 Å². The maximum absolute atomic E-state index is 5.58. The molecule has 1 fully saturated rings. The van der Waals surface area contributed by atoms with Crippen molar-refractivity contribution in [1.82, 2.24) is 10.3 Å². The first-order valence-electron chi connectivity index (χ1n) is 5.92. The molecule has 0 aromatic carbocycles. The zero-order valence-electron chi connectivity index (χ0n) is 9.92. The second kappa shape index (κ2) is 5.50. The number of nitrogens with one attached hydrogen (secondary N) is 1. The van der Waals surface area contributed by atoms with Crippen LogP contribution in [0.4, 0.5) is 0 Å². The number of nitrogens with zero attached hydrogens (tertiary/aromatic N) is 1. The fourth-order valence-electron chi connectivity index (χ4n) is 2.99. The number of rotatable bonds is 5. The molecule has 0 radical (unpaired) electrons. The Bertz CT molecular complexity index is 222. The largest absolute Gasteiger partial charge is 0.296 e. The molecule has 0 heterocycles.